The van der Waals surface area contributed by atoms with Gasteiger partial charge in [-0.1, -0.05) is 32.9 Å². The monoisotopic (exact) mass is 415 g/mol. The third kappa shape index (κ3) is 6.03. The van der Waals surface area contributed by atoms with Gasteiger partial charge in [-0.3, -0.25) is 15.0 Å². The average Bonchev–Trinajstić information content (AvgIpc) is 3.00. The number of anilines is 1. The summed E-state index contributed by atoms with van der Waals surface area (Å²) in [4.78, 5) is 20.7. The van der Waals surface area contributed by atoms with Crippen molar-refractivity contribution in [1.29, 1.82) is 0 Å². The van der Waals surface area contributed by atoms with Crippen LogP contribution in [0.2, 0.25) is 0 Å². The molecule has 0 unspecified atom stereocenters. The molecule has 1 amide bonds. The number of likely N-dealkylation sites (tertiary alicyclic amines) is 1. The van der Waals surface area contributed by atoms with Gasteiger partial charge in [-0.05, 0) is 68.8 Å². The lowest BCUT2D eigenvalue weighted by atomic mass is 9.99. The predicted octanol–water partition coefficient (Wildman–Crippen LogP) is 5.13. The number of carbonyl (C=O) groups excluding carboxylic acids is 1. The quantitative estimate of drug-likeness (QED) is 0.681. The van der Waals surface area contributed by atoms with Crippen molar-refractivity contribution in [2.24, 2.45) is 5.92 Å². The summed E-state index contributed by atoms with van der Waals surface area (Å²) in [6.45, 7) is 13.8. The number of ether oxygens (including phenoxy) is 1. The zero-order valence-electron chi connectivity index (χ0n) is 18.2. The number of benzene rings is 1. The van der Waals surface area contributed by atoms with Crippen LogP contribution in [0.15, 0.2) is 18.2 Å². The van der Waals surface area contributed by atoms with Crippen molar-refractivity contribution < 1.29 is 9.53 Å². The molecule has 0 aliphatic carbocycles. The molecule has 2 heterocycles. The van der Waals surface area contributed by atoms with Crippen molar-refractivity contribution in [3.05, 3.63) is 39.9 Å². The van der Waals surface area contributed by atoms with E-state index in [0.29, 0.717) is 11.0 Å². The number of aryl methyl sites for hydroxylation is 2. The van der Waals surface area contributed by atoms with Crippen molar-refractivity contribution >= 4 is 22.4 Å². The van der Waals surface area contributed by atoms with Gasteiger partial charge in [0.2, 0.25) is 0 Å². The van der Waals surface area contributed by atoms with Crippen LogP contribution in [-0.4, -0.2) is 35.5 Å². The van der Waals surface area contributed by atoms with Crippen LogP contribution in [0.5, 0.6) is 5.75 Å². The van der Waals surface area contributed by atoms with Crippen LogP contribution in [0.3, 0.4) is 0 Å². The molecule has 1 N–H and O–H groups in total. The number of amides is 1. The molecule has 2 aromatic rings. The fourth-order valence-electron chi connectivity index (χ4n) is 3.59. The number of nitrogens with zero attached hydrogens (tertiary/aromatic N) is 2. The molecular weight excluding hydrogens is 382 g/mol. The summed E-state index contributed by atoms with van der Waals surface area (Å²) in [6, 6.07) is 6.14. The Labute approximate surface area is 178 Å². The average molecular weight is 416 g/mol. The largest absolute Gasteiger partial charge is 0.483 e. The highest BCUT2D eigenvalue weighted by Gasteiger charge is 2.19. The van der Waals surface area contributed by atoms with Gasteiger partial charge in [0.15, 0.2) is 11.7 Å². The molecule has 6 heteroatoms. The molecule has 1 aromatic carbocycles. The minimum Gasteiger partial charge on any atom is -0.483 e. The van der Waals surface area contributed by atoms with Crippen LogP contribution in [0.25, 0.3) is 0 Å². The zero-order chi connectivity index (χ0) is 21.0. The van der Waals surface area contributed by atoms with E-state index in [0.717, 1.165) is 48.1 Å². The van der Waals surface area contributed by atoms with Gasteiger partial charge in [-0.25, -0.2) is 4.98 Å². The smallest absolute Gasteiger partial charge is 0.264 e. The SMILES string of the molecule is Cc1ccc(C(C)C)c(OCC(=O)Nc2nc(C)c(CN3CCC(C)CC3)s2)c1. The van der Waals surface area contributed by atoms with E-state index in [-0.39, 0.29) is 12.5 Å². The minimum atomic E-state index is -0.173. The maximum Gasteiger partial charge on any atom is 0.264 e. The minimum absolute atomic E-state index is 0.0128. The first kappa shape index (κ1) is 21.8. The van der Waals surface area contributed by atoms with Gasteiger partial charge in [-0.2, -0.15) is 0 Å². The Kier molecular flexibility index (Phi) is 7.30. The van der Waals surface area contributed by atoms with Crippen LogP contribution in [0.4, 0.5) is 5.13 Å². The molecule has 1 fully saturated rings. The molecule has 1 saturated heterocycles. The van der Waals surface area contributed by atoms with Crippen molar-refractivity contribution in [2.75, 3.05) is 25.0 Å². The second kappa shape index (κ2) is 9.72. The summed E-state index contributed by atoms with van der Waals surface area (Å²) in [5, 5.41) is 3.56. The van der Waals surface area contributed by atoms with Gasteiger partial charge in [-0.15, -0.1) is 11.3 Å². The first-order chi connectivity index (χ1) is 13.8. The maximum atomic E-state index is 12.4. The zero-order valence-corrected chi connectivity index (χ0v) is 19.1. The van der Waals surface area contributed by atoms with Crippen LogP contribution < -0.4 is 10.1 Å². The van der Waals surface area contributed by atoms with Crippen molar-refractivity contribution in [2.45, 2.75) is 59.9 Å². The summed E-state index contributed by atoms with van der Waals surface area (Å²) in [5.74, 6) is 1.78. The molecule has 1 aliphatic rings. The van der Waals surface area contributed by atoms with Gasteiger partial charge < -0.3 is 4.74 Å². The van der Waals surface area contributed by atoms with Crippen LogP contribution in [0, 0.1) is 19.8 Å². The number of nitrogens with one attached hydrogen (secondary N) is 1. The van der Waals surface area contributed by atoms with Gasteiger partial charge in [0.25, 0.3) is 5.91 Å². The van der Waals surface area contributed by atoms with Crippen molar-refractivity contribution in [1.82, 2.24) is 9.88 Å². The fraction of sp³-hybridized carbons (Fsp3) is 0.565. The highest BCUT2D eigenvalue weighted by molar-refractivity contribution is 7.15. The second-order valence-corrected chi connectivity index (χ2v) is 9.60. The second-order valence-electron chi connectivity index (χ2n) is 8.52. The lowest BCUT2D eigenvalue weighted by Gasteiger charge is -2.29. The van der Waals surface area contributed by atoms with E-state index in [1.807, 2.05) is 19.9 Å². The van der Waals surface area contributed by atoms with E-state index < -0.39 is 0 Å². The Morgan fingerprint density at radius 1 is 1.31 bits per heavy atom. The van der Waals surface area contributed by atoms with E-state index >= 15 is 0 Å². The third-order valence-corrected chi connectivity index (χ3v) is 6.59. The number of carbonyl (C=O) groups is 1. The maximum absolute atomic E-state index is 12.4. The Morgan fingerprint density at radius 2 is 2.03 bits per heavy atom. The lowest BCUT2D eigenvalue weighted by Crippen LogP contribution is -2.32. The molecule has 1 aliphatic heterocycles. The molecule has 3 rings (SSSR count). The summed E-state index contributed by atoms with van der Waals surface area (Å²) >= 11 is 1.57. The standard InChI is InChI=1S/C23H33N3O2S/c1-15(2)19-7-6-17(4)12-20(19)28-14-22(27)25-23-24-18(5)21(29-23)13-26-10-8-16(3)9-11-26/h6-7,12,15-16H,8-11,13-14H2,1-5H3,(H,24,25,27). The summed E-state index contributed by atoms with van der Waals surface area (Å²) in [5.41, 5.74) is 3.24. The van der Waals surface area contributed by atoms with E-state index in [4.69, 9.17) is 4.74 Å². The summed E-state index contributed by atoms with van der Waals surface area (Å²) < 4.78 is 5.84. The third-order valence-electron chi connectivity index (χ3n) is 5.53. The molecular formula is C23H33N3O2S. The van der Waals surface area contributed by atoms with E-state index in [1.54, 1.807) is 11.3 Å². The van der Waals surface area contributed by atoms with E-state index in [9.17, 15) is 4.79 Å². The van der Waals surface area contributed by atoms with E-state index in [2.05, 4.69) is 48.1 Å². The van der Waals surface area contributed by atoms with Gasteiger partial charge in [0.1, 0.15) is 5.75 Å². The van der Waals surface area contributed by atoms with Crippen LogP contribution in [0.1, 0.15) is 61.2 Å². The number of rotatable bonds is 7. The molecule has 158 valence electrons. The number of hydrogen-bond acceptors (Lipinski definition) is 5. The first-order valence-electron chi connectivity index (χ1n) is 10.5. The highest BCUT2D eigenvalue weighted by Crippen LogP contribution is 2.28. The number of piperidine rings is 1. The molecule has 0 spiro atoms. The Morgan fingerprint density at radius 3 is 2.72 bits per heavy atom. The Bertz CT molecular complexity index is 839. The molecule has 0 saturated carbocycles. The van der Waals surface area contributed by atoms with Crippen molar-refractivity contribution in [3.63, 3.8) is 0 Å². The van der Waals surface area contributed by atoms with Gasteiger partial charge in [0, 0.05) is 11.4 Å². The molecule has 1 aromatic heterocycles. The molecule has 0 radical (unpaired) electrons. The summed E-state index contributed by atoms with van der Waals surface area (Å²) in [6.07, 6.45) is 2.52. The topological polar surface area (TPSA) is 54.5 Å². The molecule has 5 nitrogen and oxygen atoms in total. The number of aromatic nitrogens is 1. The van der Waals surface area contributed by atoms with Crippen LogP contribution in [-0.2, 0) is 11.3 Å². The molecule has 29 heavy (non-hydrogen) atoms. The highest BCUT2D eigenvalue weighted by atomic mass is 32.1. The molecule has 0 bridgehead atoms. The van der Waals surface area contributed by atoms with Crippen LogP contribution >= 0.6 is 11.3 Å². The van der Waals surface area contributed by atoms with Crippen molar-refractivity contribution in [3.8, 4) is 5.75 Å². The van der Waals surface area contributed by atoms with Gasteiger partial charge in [0.05, 0.1) is 5.69 Å². The van der Waals surface area contributed by atoms with Gasteiger partial charge >= 0.3 is 0 Å². The number of thiazole rings is 1. The lowest BCUT2D eigenvalue weighted by molar-refractivity contribution is -0.118. The molecule has 0 atom stereocenters. The Balaban J connectivity index is 1.55. The number of hydrogen-bond donors (Lipinski definition) is 1. The Hall–Kier alpha value is -1.92. The van der Waals surface area contributed by atoms with E-state index in [1.165, 1.54) is 17.7 Å². The fourth-order valence-corrected chi connectivity index (χ4v) is 4.61. The predicted molar refractivity (Wildman–Crippen MR) is 120 cm³/mol. The normalized spacial score (nSPS) is 15.7. The summed E-state index contributed by atoms with van der Waals surface area (Å²) in [7, 11) is 0. The first-order valence-corrected chi connectivity index (χ1v) is 11.3.